The topological polar surface area (TPSA) is 53.2 Å². The van der Waals surface area contributed by atoms with E-state index < -0.39 is 0 Å². The summed E-state index contributed by atoms with van der Waals surface area (Å²) in [5.74, 6) is 0.000372. The van der Waals surface area contributed by atoms with Crippen LogP contribution in [0.1, 0.15) is 57.1 Å². The minimum absolute atomic E-state index is 0.0128. The van der Waals surface area contributed by atoms with E-state index >= 15 is 0 Å². The van der Waals surface area contributed by atoms with Crippen molar-refractivity contribution in [2.24, 2.45) is 0 Å². The maximum Gasteiger partial charge on any atom is 0.196 e. The zero-order valence-electron chi connectivity index (χ0n) is 15.4. The molecule has 128 valence electrons. The van der Waals surface area contributed by atoms with Gasteiger partial charge < -0.3 is 4.98 Å². The number of hydrogen-bond acceptors (Lipinski definition) is 3. The first-order valence-corrected chi connectivity index (χ1v) is 8.23. The molecule has 24 heavy (non-hydrogen) atoms. The summed E-state index contributed by atoms with van der Waals surface area (Å²) in [6.07, 6.45) is 0. The average Bonchev–Trinajstić information content (AvgIpc) is 2.82. The number of carbonyl (C=O) groups excluding carboxylic acids is 2. The minimum Gasteiger partial charge on any atom is -0.355 e. The van der Waals surface area contributed by atoms with Crippen molar-refractivity contribution in [3.05, 3.63) is 57.9 Å². The molecular formula is C20H26N2O2. The van der Waals surface area contributed by atoms with Crippen molar-refractivity contribution in [2.45, 2.75) is 47.2 Å². The Morgan fingerprint density at radius 3 is 2.33 bits per heavy atom. The van der Waals surface area contributed by atoms with E-state index in [4.69, 9.17) is 0 Å². The number of likely N-dealkylation sites (N-methyl/N-ethyl adjacent to an activating group) is 1. The molecule has 0 spiro atoms. The average molecular weight is 326 g/mol. The van der Waals surface area contributed by atoms with E-state index in [0.29, 0.717) is 17.8 Å². The van der Waals surface area contributed by atoms with Crippen molar-refractivity contribution >= 4 is 11.6 Å². The Labute approximate surface area is 143 Å². The third-order valence-corrected chi connectivity index (χ3v) is 4.76. The van der Waals surface area contributed by atoms with Gasteiger partial charge in [-0.3, -0.25) is 14.5 Å². The van der Waals surface area contributed by atoms with Crippen LogP contribution in [0.25, 0.3) is 0 Å². The first-order valence-electron chi connectivity index (χ1n) is 8.23. The van der Waals surface area contributed by atoms with Gasteiger partial charge in [0.15, 0.2) is 11.6 Å². The molecule has 0 fully saturated rings. The van der Waals surface area contributed by atoms with Gasteiger partial charge in [0.1, 0.15) is 0 Å². The van der Waals surface area contributed by atoms with Crippen molar-refractivity contribution < 1.29 is 9.59 Å². The van der Waals surface area contributed by atoms with Crippen LogP contribution in [0.4, 0.5) is 0 Å². The molecule has 1 N–H and O–H groups in total. The van der Waals surface area contributed by atoms with Gasteiger partial charge in [0.05, 0.1) is 11.7 Å². The third kappa shape index (κ3) is 3.49. The number of hydrogen-bond donors (Lipinski definition) is 1. The van der Waals surface area contributed by atoms with Gasteiger partial charge in [-0.25, -0.2) is 0 Å². The van der Waals surface area contributed by atoms with Gasteiger partial charge in [-0.2, -0.15) is 0 Å². The molecule has 0 aliphatic rings. The number of nitrogens with zero attached hydrogens (tertiary/aromatic N) is 1. The highest BCUT2D eigenvalue weighted by atomic mass is 16.1. The van der Waals surface area contributed by atoms with E-state index in [1.54, 1.807) is 0 Å². The van der Waals surface area contributed by atoms with Crippen LogP contribution >= 0.6 is 0 Å². The molecule has 0 saturated heterocycles. The summed E-state index contributed by atoms with van der Waals surface area (Å²) in [4.78, 5) is 29.8. The Morgan fingerprint density at radius 2 is 1.79 bits per heavy atom. The molecule has 0 aliphatic heterocycles. The second-order valence-corrected chi connectivity index (χ2v) is 6.56. The zero-order valence-corrected chi connectivity index (χ0v) is 15.4. The number of H-pyrrole nitrogens is 1. The molecule has 2 aromatic rings. The summed E-state index contributed by atoms with van der Waals surface area (Å²) in [6.45, 7) is 9.89. The summed E-state index contributed by atoms with van der Waals surface area (Å²) in [6, 6.07) is 7.91. The van der Waals surface area contributed by atoms with E-state index in [1.165, 1.54) is 18.1 Å². The van der Waals surface area contributed by atoms with Gasteiger partial charge in [0.2, 0.25) is 0 Å². The number of aryl methyl sites for hydroxylation is 2. The first-order chi connectivity index (χ1) is 11.2. The number of carbonyl (C=O) groups is 2. The second kappa shape index (κ2) is 7.14. The molecule has 0 radical (unpaired) electrons. The van der Waals surface area contributed by atoms with E-state index in [-0.39, 0.29) is 17.6 Å². The molecule has 0 unspecified atom stereocenters. The largest absolute Gasteiger partial charge is 0.355 e. The van der Waals surface area contributed by atoms with Crippen LogP contribution in [0.2, 0.25) is 0 Å². The fraction of sp³-hybridized carbons (Fsp3) is 0.400. The molecule has 0 bridgehead atoms. The molecule has 0 amide bonds. The van der Waals surface area contributed by atoms with Gasteiger partial charge in [-0.1, -0.05) is 24.3 Å². The highest BCUT2D eigenvalue weighted by Gasteiger charge is 2.26. The molecule has 2 rings (SSSR count). The number of benzene rings is 1. The van der Waals surface area contributed by atoms with Crippen molar-refractivity contribution in [3.63, 3.8) is 0 Å². The summed E-state index contributed by atoms with van der Waals surface area (Å²) in [5, 5.41) is 0. The van der Waals surface area contributed by atoms with E-state index in [0.717, 1.165) is 11.3 Å². The SMILES string of the molecule is CC(=O)c1c(C)[nH]c(C(=O)[C@H](C)N(C)Cc2ccccc2C)c1C. The lowest BCUT2D eigenvalue weighted by Crippen LogP contribution is -2.36. The lowest BCUT2D eigenvalue weighted by Gasteiger charge is -2.24. The van der Waals surface area contributed by atoms with Gasteiger partial charge >= 0.3 is 0 Å². The predicted molar refractivity (Wildman–Crippen MR) is 96.7 cm³/mol. The van der Waals surface area contributed by atoms with Crippen LogP contribution in [0, 0.1) is 20.8 Å². The van der Waals surface area contributed by atoms with Crippen molar-refractivity contribution in [1.29, 1.82) is 0 Å². The second-order valence-electron chi connectivity index (χ2n) is 6.56. The lowest BCUT2D eigenvalue weighted by molar-refractivity contribution is 0.0856. The maximum absolute atomic E-state index is 12.9. The van der Waals surface area contributed by atoms with Gasteiger partial charge in [-0.15, -0.1) is 0 Å². The van der Waals surface area contributed by atoms with Crippen LogP contribution < -0.4 is 0 Å². The number of nitrogens with one attached hydrogen (secondary N) is 1. The van der Waals surface area contributed by atoms with Crippen LogP contribution in [-0.4, -0.2) is 34.5 Å². The van der Waals surface area contributed by atoms with Gasteiger partial charge in [0, 0.05) is 17.8 Å². The molecule has 1 atom stereocenters. The standard InChI is InChI=1S/C20H26N2O2/c1-12-9-7-8-10-17(12)11-22(6)15(4)20(24)19-13(2)18(16(5)23)14(3)21-19/h7-10,15,21H,11H2,1-6H3/t15-/m0/s1. The first kappa shape index (κ1) is 18.1. The number of ketones is 2. The summed E-state index contributed by atoms with van der Waals surface area (Å²) >= 11 is 0. The number of rotatable bonds is 6. The normalized spacial score (nSPS) is 12.5. The quantitative estimate of drug-likeness (QED) is 0.821. The van der Waals surface area contributed by atoms with Crippen LogP contribution in [0.3, 0.4) is 0 Å². The fourth-order valence-corrected chi connectivity index (χ4v) is 3.13. The highest BCUT2D eigenvalue weighted by Crippen LogP contribution is 2.21. The van der Waals surface area contributed by atoms with E-state index in [1.807, 2.05) is 44.9 Å². The van der Waals surface area contributed by atoms with E-state index in [2.05, 4.69) is 24.0 Å². The Bertz CT molecular complexity index is 774. The van der Waals surface area contributed by atoms with Crippen LogP contribution in [-0.2, 0) is 6.54 Å². The molecule has 4 nitrogen and oxygen atoms in total. The molecule has 1 aromatic heterocycles. The maximum atomic E-state index is 12.9. The number of aromatic amines is 1. The molecule has 0 aliphatic carbocycles. The molecule has 4 heteroatoms. The molecule has 1 heterocycles. The Morgan fingerprint density at radius 1 is 1.17 bits per heavy atom. The van der Waals surface area contributed by atoms with Gasteiger partial charge in [0.25, 0.3) is 0 Å². The number of Topliss-reactive ketones (excluding diaryl/α,β-unsaturated/α-hetero) is 2. The number of aromatic nitrogens is 1. The Balaban J connectivity index is 2.22. The summed E-state index contributed by atoms with van der Waals surface area (Å²) in [5.41, 5.74) is 5.12. The summed E-state index contributed by atoms with van der Waals surface area (Å²) < 4.78 is 0. The monoisotopic (exact) mass is 326 g/mol. The van der Waals surface area contributed by atoms with Crippen molar-refractivity contribution in [3.8, 4) is 0 Å². The fourth-order valence-electron chi connectivity index (χ4n) is 3.13. The third-order valence-electron chi connectivity index (χ3n) is 4.76. The molecular weight excluding hydrogens is 300 g/mol. The van der Waals surface area contributed by atoms with E-state index in [9.17, 15) is 9.59 Å². The highest BCUT2D eigenvalue weighted by molar-refractivity contribution is 6.05. The van der Waals surface area contributed by atoms with Crippen LogP contribution in [0.5, 0.6) is 0 Å². The van der Waals surface area contributed by atoms with Crippen molar-refractivity contribution in [1.82, 2.24) is 9.88 Å². The zero-order chi connectivity index (χ0) is 18.0. The predicted octanol–water partition coefficient (Wildman–Crippen LogP) is 3.85. The molecule has 1 aromatic carbocycles. The smallest absolute Gasteiger partial charge is 0.196 e. The lowest BCUT2D eigenvalue weighted by atomic mass is 10.0. The Hall–Kier alpha value is -2.20. The minimum atomic E-state index is -0.277. The molecule has 0 saturated carbocycles. The van der Waals surface area contributed by atoms with Gasteiger partial charge in [-0.05, 0) is 58.4 Å². The summed E-state index contributed by atoms with van der Waals surface area (Å²) in [7, 11) is 1.95. The van der Waals surface area contributed by atoms with Crippen molar-refractivity contribution in [2.75, 3.05) is 7.05 Å². The van der Waals surface area contributed by atoms with Crippen LogP contribution in [0.15, 0.2) is 24.3 Å². The Kier molecular flexibility index (Phi) is 5.40.